The van der Waals surface area contributed by atoms with Gasteiger partial charge in [0.25, 0.3) is 0 Å². The number of hydrogen-bond donors (Lipinski definition) is 0. The molecule has 0 fully saturated rings. The molecule has 11 rings (SSSR count). The molecule has 0 bridgehead atoms. The molecule has 1 nitrogen and oxygen atoms in total. The highest BCUT2D eigenvalue weighted by molar-refractivity contribution is 7.25. The maximum Gasteiger partial charge on any atom is 0.0547 e. The minimum Gasteiger partial charge on any atom is -0.309 e. The lowest BCUT2D eigenvalue weighted by Crippen LogP contribution is -2.28. The van der Waals surface area contributed by atoms with Crippen LogP contribution in [0.1, 0.15) is 12.8 Å². The average molecular weight is 654 g/mol. The molecule has 0 aliphatic heterocycles. The second-order valence-corrected chi connectivity index (χ2v) is 14.6. The van der Waals surface area contributed by atoms with Crippen molar-refractivity contribution in [3.05, 3.63) is 162 Å². The summed E-state index contributed by atoms with van der Waals surface area (Å²) in [5.41, 5.74) is 8.55. The summed E-state index contributed by atoms with van der Waals surface area (Å²) in [4.78, 5) is 0. The van der Waals surface area contributed by atoms with Crippen LogP contribution in [-0.2, 0) is 0 Å². The smallest absolute Gasteiger partial charge is 0.0547 e. The zero-order chi connectivity index (χ0) is 32.8. The number of nitrogens with zero attached hydrogens (tertiary/aromatic N) is 1. The van der Waals surface area contributed by atoms with Crippen LogP contribution >= 0.6 is 11.3 Å². The van der Waals surface area contributed by atoms with Crippen LogP contribution in [0, 0.1) is 0 Å². The Balaban J connectivity index is 1.10. The molecular weight excluding hydrogens is 623 g/mol. The van der Waals surface area contributed by atoms with Crippen LogP contribution in [0.2, 0.25) is 0 Å². The van der Waals surface area contributed by atoms with Crippen molar-refractivity contribution in [3.63, 3.8) is 0 Å². The van der Waals surface area contributed by atoms with Crippen LogP contribution in [0.3, 0.4) is 0 Å². The second-order valence-electron chi connectivity index (χ2n) is 13.6. The van der Waals surface area contributed by atoms with Gasteiger partial charge in [-0.15, -0.1) is 11.3 Å². The van der Waals surface area contributed by atoms with Crippen molar-refractivity contribution in [2.24, 2.45) is 0 Å². The van der Waals surface area contributed by atoms with Gasteiger partial charge in [-0.3, -0.25) is 0 Å². The molecule has 1 aliphatic rings. The lowest BCUT2D eigenvalue weighted by atomic mass is 9.92. The van der Waals surface area contributed by atoms with E-state index in [1.807, 2.05) is 11.3 Å². The molecule has 0 atom stereocenters. The van der Waals surface area contributed by atoms with Crippen molar-refractivity contribution in [3.8, 4) is 27.9 Å². The number of hydrogen-bond acceptors (Lipinski definition) is 1. The van der Waals surface area contributed by atoms with Gasteiger partial charge in [-0.25, -0.2) is 0 Å². The Morgan fingerprint density at radius 3 is 1.78 bits per heavy atom. The van der Waals surface area contributed by atoms with E-state index in [0.717, 1.165) is 12.8 Å². The van der Waals surface area contributed by atoms with Crippen LogP contribution in [0.15, 0.2) is 152 Å². The summed E-state index contributed by atoms with van der Waals surface area (Å²) in [6, 6.07) is 56.6. The van der Waals surface area contributed by atoms with Crippen LogP contribution in [-0.4, -0.2) is 4.57 Å². The number of rotatable bonds is 3. The van der Waals surface area contributed by atoms with E-state index in [9.17, 15) is 0 Å². The molecule has 0 unspecified atom stereocenters. The highest BCUT2D eigenvalue weighted by atomic mass is 32.1. The van der Waals surface area contributed by atoms with Crippen molar-refractivity contribution in [1.29, 1.82) is 0 Å². The fourth-order valence-electron chi connectivity index (χ4n) is 8.48. The lowest BCUT2D eigenvalue weighted by molar-refractivity contribution is 1.13. The summed E-state index contributed by atoms with van der Waals surface area (Å²) in [5.74, 6) is 0. The first kappa shape index (κ1) is 27.9. The van der Waals surface area contributed by atoms with Crippen LogP contribution in [0.5, 0.6) is 0 Å². The molecule has 1 aliphatic carbocycles. The predicted molar refractivity (Wildman–Crippen MR) is 217 cm³/mol. The first-order valence-electron chi connectivity index (χ1n) is 17.5. The molecule has 0 spiro atoms. The third-order valence-electron chi connectivity index (χ3n) is 10.8. The largest absolute Gasteiger partial charge is 0.309 e. The van der Waals surface area contributed by atoms with Gasteiger partial charge in [0.1, 0.15) is 0 Å². The maximum absolute atomic E-state index is 2.45. The minimum atomic E-state index is 1.10. The van der Waals surface area contributed by atoms with Gasteiger partial charge >= 0.3 is 0 Å². The SMILES string of the molecule is C1=c2c(c3ccc(-c4cccc(-n5c6ccccc6c6ccc(-c7ccc8sc9ccccc9c8c7)cc65)c4)cc3c3ccccc23)=CCC1. The number of benzene rings is 8. The molecule has 2 heterocycles. The average Bonchev–Trinajstić information content (AvgIpc) is 3.73. The summed E-state index contributed by atoms with van der Waals surface area (Å²) < 4.78 is 5.12. The van der Waals surface area contributed by atoms with Gasteiger partial charge in [0, 0.05) is 36.6 Å². The Hall–Kier alpha value is -5.96. The van der Waals surface area contributed by atoms with E-state index in [1.165, 1.54) is 102 Å². The molecule has 8 aromatic carbocycles. The van der Waals surface area contributed by atoms with E-state index in [-0.39, 0.29) is 0 Å². The third-order valence-corrected chi connectivity index (χ3v) is 11.9. The first-order chi connectivity index (χ1) is 24.8. The Morgan fingerprint density at radius 2 is 0.940 bits per heavy atom. The molecule has 0 amide bonds. The fraction of sp³-hybridized carbons (Fsp3) is 0.0417. The fourth-order valence-corrected chi connectivity index (χ4v) is 9.56. The maximum atomic E-state index is 2.45. The molecular formula is C48H31NS. The summed E-state index contributed by atoms with van der Waals surface area (Å²) >= 11 is 1.87. The predicted octanol–water partition coefficient (Wildman–Crippen LogP) is 12.1. The van der Waals surface area contributed by atoms with Gasteiger partial charge in [0.2, 0.25) is 0 Å². The molecule has 0 saturated heterocycles. The number of thiophene rings is 1. The van der Waals surface area contributed by atoms with Crippen LogP contribution in [0.4, 0.5) is 0 Å². The van der Waals surface area contributed by atoms with E-state index in [1.54, 1.807) is 0 Å². The molecule has 10 aromatic rings. The Morgan fingerprint density at radius 1 is 0.360 bits per heavy atom. The van der Waals surface area contributed by atoms with Gasteiger partial charge in [-0.05, 0) is 116 Å². The summed E-state index contributed by atoms with van der Waals surface area (Å²) in [6.45, 7) is 0. The topological polar surface area (TPSA) is 4.93 Å². The zero-order valence-corrected chi connectivity index (χ0v) is 28.2. The Bertz CT molecular complexity index is 3160. The van der Waals surface area contributed by atoms with Crippen LogP contribution in [0.25, 0.3) is 104 Å². The monoisotopic (exact) mass is 653 g/mol. The van der Waals surface area contributed by atoms with E-state index in [4.69, 9.17) is 0 Å². The van der Waals surface area contributed by atoms with Crippen molar-refractivity contribution >= 4 is 87.0 Å². The second kappa shape index (κ2) is 10.8. The number of aromatic nitrogens is 1. The molecule has 0 N–H and O–H groups in total. The van der Waals surface area contributed by atoms with Gasteiger partial charge in [0.05, 0.1) is 11.0 Å². The molecule has 50 heavy (non-hydrogen) atoms. The molecule has 0 radical (unpaired) electrons. The van der Waals surface area contributed by atoms with Crippen molar-refractivity contribution < 1.29 is 0 Å². The van der Waals surface area contributed by atoms with Gasteiger partial charge < -0.3 is 4.57 Å². The van der Waals surface area contributed by atoms with Gasteiger partial charge in [-0.2, -0.15) is 0 Å². The number of para-hydroxylation sites is 1. The Labute approximate surface area is 293 Å². The van der Waals surface area contributed by atoms with Crippen molar-refractivity contribution in [1.82, 2.24) is 4.57 Å². The highest BCUT2D eigenvalue weighted by Crippen LogP contribution is 2.39. The quantitative estimate of drug-likeness (QED) is 0.167. The summed E-state index contributed by atoms with van der Waals surface area (Å²) in [5, 5.41) is 13.3. The summed E-state index contributed by atoms with van der Waals surface area (Å²) in [7, 11) is 0. The van der Waals surface area contributed by atoms with Crippen LogP contribution < -0.4 is 10.4 Å². The Kier molecular flexibility index (Phi) is 6.02. The van der Waals surface area contributed by atoms with Gasteiger partial charge in [-0.1, -0.05) is 115 Å². The molecule has 234 valence electrons. The minimum absolute atomic E-state index is 1.10. The van der Waals surface area contributed by atoms with E-state index in [0.29, 0.717) is 0 Å². The zero-order valence-electron chi connectivity index (χ0n) is 27.4. The molecule has 0 saturated carbocycles. The van der Waals surface area contributed by atoms with Gasteiger partial charge in [0.15, 0.2) is 0 Å². The van der Waals surface area contributed by atoms with Crippen molar-refractivity contribution in [2.45, 2.75) is 12.8 Å². The normalized spacial score (nSPS) is 13.0. The molecule has 2 aromatic heterocycles. The van der Waals surface area contributed by atoms with E-state index in [2.05, 4.69) is 168 Å². The standard InChI is InChI=1S/C48H31NS/c1-2-14-37-35(12-1)36-13-3-4-15-38(36)43-27-31(20-23-39(37)43)30-10-9-11-34(26-30)49-45-18-7-5-16-40(45)41-24-21-33(29-46(41)49)32-22-25-48-44(28-32)42-17-6-8-19-47(42)50-48/h3-29H,1-2H2. The highest BCUT2D eigenvalue weighted by Gasteiger charge is 2.15. The first-order valence-corrected chi connectivity index (χ1v) is 18.3. The third kappa shape index (κ3) is 4.12. The lowest BCUT2D eigenvalue weighted by Gasteiger charge is -2.14. The number of fused-ring (bicyclic) bond motifs is 12. The molecule has 2 heteroatoms. The van der Waals surface area contributed by atoms with E-state index >= 15 is 0 Å². The van der Waals surface area contributed by atoms with E-state index < -0.39 is 0 Å². The van der Waals surface area contributed by atoms with Crippen molar-refractivity contribution in [2.75, 3.05) is 0 Å². The summed E-state index contributed by atoms with van der Waals surface area (Å²) in [6.07, 6.45) is 7.07.